The van der Waals surface area contributed by atoms with E-state index < -0.39 is 5.91 Å². The van der Waals surface area contributed by atoms with Crippen molar-refractivity contribution in [2.24, 2.45) is 5.10 Å². The summed E-state index contributed by atoms with van der Waals surface area (Å²) in [5, 5.41) is 15.9. The molecular weight excluding hydrogens is 312 g/mol. The maximum Gasteiger partial charge on any atom is 0.275 e. The van der Waals surface area contributed by atoms with E-state index in [4.69, 9.17) is 0 Å². The summed E-state index contributed by atoms with van der Waals surface area (Å²) >= 11 is 0. The van der Waals surface area contributed by atoms with E-state index in [-0.39, 0.29) is 11.3 Å². The molecule has 3 aromatic rings. The fourth-order valence-corrected chi connectivity index (χ4v) is 2.72. The number of hydrogen-bond acceptors (Lipinski definition) is 3. The van der Waals surface area contributed by atoms with Gasteiger partial charge in [-0.05, 0) is 60.4 Å². The molecule has 0 bridgehead atoms. The van der Waals surface area contributed by atoms with Crippen molar-refractivity contribution in [2.75, 3.05) is 0 Å². The number of aromatic hydroxyl groups is 1. The first-order valence-electron chi connectivity index (χ1n) is 8.10. The van der Waals surface area contributed by atoms with E-state index in [0.29, 0.717) is 11.1 Å². The van der Waals surface area contributed by atoms with Gasteiger partial charge in [0.25, 0.3) is 5.91 Å². The van der Waals surface area contributed by atoms with Crippen molar-refractivity contribution in [3.63, 3.8) is 0 Å². The first kappa shape index (κ1) is 16.7. The molecule has 0 radical (unpaired) electrons. The maximum absolute atomic E-state index is 12.6. The molecule has 0 saturated carbocycles. The lowest BCUT2D eigenvalue weighted by Gasteiger charge is -2.09. The first-order valence-corrected chi connectivity index (χ1v) is 8.10. The van der Waals surface area contributed by atoms with Gasteiger partial charge in [0, 0.05) is 0 Å². The van der Waals surface area contributed by atoms with E-state index in [2.05, 4.69) is 17.5 Å². The fraction of sp³-hybridized carbons (Fsp3) is 0.143. The highest BCUT2D eigenvalue weighted by atomic mass is 16.3. The van der Waals surface area contributed by atoms with Crippen molar-refractivity contribution in [1.82, 2.24) is 5.43 Å². The fourth-order valence-electron chi connectivity index (χ4n) is 2.72. The molecule has 1 amide bonds. The van der Waals surface area contributed by atoms with Crippen molar-refractivity contribution in [3.8, 4) is 5.75 Å². The van der Waals surface area contributed by atoms with E-state index in [1.54, 1.807) is 6.07 Å². The number of carbonyl (C=O) groups is 1. The Balaban J connectivity index is 1.90. The van der Waals surface area contributed by atoms with Crippen LogP contribution in [0, 0.1) is 13.8 Å². The SMILES string of the molecule is C/C(=N\NC(=O)c1c(O)ccc2ccccc12)c1ccc(C)c(C)c1. The van der Waals surface area contributed by atoms with Gasteiger partial charge in [0.15, 0.2) is 0 Å². The molecule has 0 aliphatic carbocycles. The predicted molar refractivity (Wildman–Crippen MR) is 101 cm³/mol. The number of benzene rings is 3. The molecule has 0 spiro atoms. The van der Waals surface area contributed by atoms with Crippen molar-refractivity contribution in [1.29, 1.82) is 0 Å². The van der Waals surface area contributed by atoms with Crippen LogP contribution in [-0.2, 0) is 0 Å². The van der Waals surface area contributed by atoms with Gasteiger partial charge in [-0.1, -0.05) is 42.5 Å². The predicted octanol–water partition coefficient (Wildman–Crippen LogP) is 4.32. The molecular formula is C21H20N2O2. The Morgan fingerprint density at radius 2 is 1.76 bits per heavy atom. The molecule has 3 rings (SSSR count). The summed E-state index contributed by atoms with van der Waals surface area (Å²) in [5.74, 6) is -0.493. The third kappa shape index (κ3) is 3.38. The lowest BCUT2D eigenvalue weighted by atomic mass is 10.0. The molecule has 2 N–H and O–H groups in total. The number of hydrazone groups is 1. The summed E-state index contributed by atoms with van der Waals surface area (Å²) in [6.07, 6.45) is 0. The highest BCUT2D eigenvalue weighted by molar-refractivity contribution is 6.10. The number of carbonyl (C=O) groups excluding carboxylic acids is 1. The smallest absolute Gasteiger partial charge is 0.275 e. The molecule has 0 aliphatic rings. The molecule has 0 unspecified atom stereocenters. The second kappa shape index (κ2) is 6.77. The summed E-state index contributed by atoms with van der Waals surface area (Å²) in [5.41, 5.74) is 6.82. The summed E-state index contributed by atoms with van der Waals surface area (Å²) < 4.78 is 0. The largest absolute Gasteiger partial charge is 0.507 e. The molecule has 0 aliphatic heterocycles. The van der Waals surface area contributed by atoms with Crippen LogP contribution in [0.25, 0.3) is 10.8 Å². The molecule has 4 heteroatoms. The minimum Gasteiger partial charge on any atom is -0.507 e. The van der Waals surface area contributed by atoms with Crippen LogP contribution in [0.4, 0.5) is 0 Å². The second-order valence-corrected chi connectivity index (χ2v) is 6.12. The number of phenolic OH excluding ortho intramolecular Hbond substituents is 1. The van der Waals surface area contributed by atoms with E-state index in [1.165, 1.54) is 17.2 Å². The van der Waals surface area contributed by atoms with Crippen LogP contribution in [-0.4, -0.2) is 16.7 Å². The number of phenols is 1. The minimum absolute atomic E-state index is 0.0600. The summed E-state index contributed by atoms with van der Waals surface area (Å²) in [4.78, 5) is 12.6. The standard InChI is InChI=1S/C21H20N2O2/c1-13-8-9-17(12-14(13)2)15(3)22-23-21(25)20-18-7-5-4-6-16(18)10-11-19(20)24/h4-12,24H,1-3H3,(H,23,25)/b22-15+. The molecule has 4 nitrogen and oxygen atoms in total. The highest BCUT2D eigenvalue weighted by Crippen LogP contribution is 2.26. The highest BCUT2D eigenvalue weighted by Gasteiger charge is 2.15. The Morgan fingerprint density at radius 3 is 2.52 bits per heavy atom. The zero-order valence-electron chi connectivity index (χ0n) is 14.5. The van der Waals surface area contributed by atoms with Gasteiger partial charge in [0.1, 0.15) is 5.75 Å². The lowest BCUT2D eigenvalue weighted by molar-refractivity contribution is 0.0954. The van der Waals surface area contributed by atoms with Crippen LogP contribution < -0.4 is 5.43 Å². The molecule has 3 aromatic carbocycles. The van der Waals surface area contributed by atoms with Crippen LogP contribution in [0.15, 0.2) is 59.7 Å². The number of aryl methyl sites for hydroxylation is 2. The molecule has 0 saturated heterocycles. The molecule has 25 heavy (non-hydrogen) atoms. The van der Waals surface area contributed by atoms with E-state index in [1.807, 2.05) is 56.3 Å². The van der Waals surface area contributed by atoms with Crippen LogP contribution in [0.5, 0.6) is 5.75 Å². The van der Waals surface area contributed by atoms with Gasteiger partial charge >= 0.3 is 0 Å². The average Bonchev–Trinajstić information content (AvgIpc) is 2.61. The molecule has 0 fully saturated rings. The van der Waals surface area contributed by atoms with Gasteiger partial charge in [-0.25, -0.2) is 5.43 Å². The maximum atomic E-state index is 12.6. The summed E-state index contributed by atoms with van der Waals surface area (Å²) in [7, 11) is 0. The minimum atomic E-state index is -0.433. The first-order chi connectivity index (χ1) is 12.0. The number of nitrogens with zero attached hydrogens (tertiary/aromatic N) is 1. The number of fused-ring (bicyclic) bond motifs is 1. The van der Waals surface area contributed by atoms with Crippen molar-refractivity contribution < 1.29 is 9.90 Å². The number of rotatable bonds is 3. The van der Waals surface area contributed by atoms with Crippen molar-refractivity contribution in [3.05, 3.63) is 76.9 Å². The van der Waals surface area contributed by atoms with E-state index >= 15 is 0 Å². The van der Waals surface area contributed by atoms with E-state index in [0.717, 1.165) is 10.9 Å². The quantitative estimate of drug-likeness (QED) is 0.554. The Kier molecular flexibility index (Phi) is 4.52. The topological polar surface area (TPSA) is 61.7 Å². The van der Waals surface area contributed by atoms with Gasteiger partial charge in [0.2, 0.25) is 0 Å². The van der Waals surface area contributed by atoms with Gasteiger partial charge in [-0.2, -0.15) is 5.10 Å². The van der Waals surface area contributed by atoms with Gasteiger partial charge in [0.05, 0.1) is 11.3 Å². The monoisotopic (exact) mass is 332 g/mol. The van der Waals surface area contributed by atoms with Crippen molar-refractivity contribution in [2.45, 2.75) is 20.8 Å². The number of hydrogen-bond donors (Lipinski definition) is 2. The van der Waals surface area contributed by atoms with Crippen LogP contribution in [0.3, 0.4) is 0 Å². The molecule has 0 heterocycles. The van der Waals surface area contributed by atoms with E-state index in [9.17, 15) is 9.90 Å². The third-order valence-electron chi connectivity index (χ3n) is 4.38. The van der Waals surface area contributed by atoms with Crippen LogP contribution in [0.2, 0.25) is 0 Å². The molecule has 0 atom stereocenters. The van der Waals surface area contributed by atoms with Gasteiger partial charge in [-0.3, -0.25) is 4.79 Å². The number of nitrogens with one attached hydrogen (secondary N) is 1. The summed E-state index contributed by atoms with van der Waals surface area (Å²) in [6, 6.07) is 16.8. The molecule has 0 aromatic heterocycles. The third-order valence-corrected chi connectivity index (χ3v) is 4.38. The normalized spacial score (nSPS) is 11.6. The summed E-state index contributed by atoms with van der Waals surface area (Å²) in [6.45, 7) is 5.93. The number of amides is 1. The van der Waals surface area contributed by atoms with Crippen LogP contribution >= 0.6 is 0 Å². The Bertz CT molecular complexity index is 990. The zero-order valence-corrected chi connectivity index (χ0v) is 14.5. The lowest BCUT2D eigenvalue weighted by Crippen LogP contribution is -2.20. The van der Waals surface area contributed by atoms with Gasteiger partial charge in [-0.15, -0.1) is 0 Å². The average molecular weight is 332 g/mol. The Labute approximate surface area is 146 Å². The molecule has 126 valence electrons. The Morgan fingerprint density at radius 1 is 1.00 bits per heavy atom. The second-order valence-electron chi connectivity index (χ2n) is 6.12. The zero-order chi connectivity index (χ0) is 18.0. The van der Waals surface area contributed by atoms with Crippen molar-refractivity contribution >= 4 is 22.4 Å². The van der Waals surface area contributed by atoms with Gasteiger partial charge < -0.3 is 5.11 Å². The Hall–Kier alpha value is -3.14. The van der Waals surface area contributed by atoms with Crippen LogP contribution in [0.1, 0.15) is 34.0 Å².